The average molecular weight is 473 g/mol. The number of piperidine rings is 1. The smallest absolute Gasteiger partial charge is 0.321 e. The van der Waals surface area contributed by atoms with E-state index in [1.165, 1.54) is 6.07 Å². The number of benzene rings is 1. The summed E-state index contributed by atoms with van der Waals surface area (Å²) in [4.78, 5) is 24.0. The maximum atomic E-state index is 14.9. The Balaban J connectivity index is 1.41. The fraction of sp³-hybridized carbons (Fsp3) is 0.640. The van der Waals surface area contributed by atoms with E-state index in [1.54, 1.807) is 11.0 Å². The zero-order valence-corrected chi connectivity index (χ0v) is 21.0. The third kappa shape index (κ3) is 5.04. The minimum Gasteiger partial charge on any atom is -0.367 e. The standard InChI is InChI=1S/C25H37FN6O2/c1-17(2)22-28-23(29-34-22)25(5)9-11-32(12-10-25)24(33)27-21-19(26)7-6-8-20(21)31-15-13-30(14-16-31)18(3)4/h6-8,17-18H,9-16H2,1-5H3,(H,27,33). The normalized spacial score (nSPS) is 19.2. The van der Waals surface area contributed by atoms with Crippen LogP contribution >= 0.6 is 0 Å². The number of piperazine rings is 1. The summed E-state index contributed by atoms with van der Waals surface area (Å²) in [5.74, 6) is 1.11. The van der Waals surface area contributed by atoms with Crippen molar-refractivity contribution in [2.45, 2.75) is 64.8 Å². The molecule has 2 amide bonds. The minimum atomic E-state index is -0.410. The lowest BCUT2D eigenvalue weighted by Gasteiger charge is -2.39. The summed E-state index contributed by atoms with van der Waals surface area (Å²) in [6.45, 7) is 15.1. The Morgan fingerprint density at radius 1 is 1.09 bits per heavy atom. The molecule has 0 spiro atoms. The predicted octanol–water partition coefficient (Wildman–Crippen LogP) is 4.45. The first-order valence-corrected chi connectivity index (χ1v) is 12.4. The molecule has 2 aromatic rings. The molecule has 8 nitrogen and oxygen atoms in total. The third-order valence-electron chi connectivity index (χ3n) is 7.24. The second-order valence-electron chi connectivity index (χ2n) is 10.3. The van der Waals surface area contributed by atoms with Crippen molar-refractivity contribution in [3.63, 3.8) is 0 Å². The van der Waals surface area contributed by atoms with E-state index in [4.69, 9.17) is 4.52 Å². The van der Waals surface area contributed by atoms with Gasteiger partial charge >= 0.3 is 6.03 Å². The molecular formula is C25H37FN6O2. The van der Waals surface area contributed by atoms with Gasteiger partial charge in [0, 0.05) is 56.6 Å². The lowest BCUT2D eigenvalue weighted by atomic mass is 9.79. The molecule has 0 unspecified atom stereocenters. The Morgan fingerprint density at radius 2 is 1.76 bits per heavy atom. The Hall–Kier alpha value is -2.68. The number of carbonyl (C=O) groups is 1. The van der Waals surface area contributed by atoms with Gasteiger partial charge in [0.25, 0.3) is 0 Å². The molecule has 2 aliphatic heterocycles. The van der Waals surface area contributed by atoms with Gasteiger partial charge in [-0.3, -0.25) is 4.90 Å². The van der Waals surface area contributed by atoms with E-state index in [2.05, 4.69) is 46.0 Å². The van der Waals surface area contributed by atoms with E-state index < -0.39 is 5.82 Å². The first-order chi connectivity index (χ1) is 16.2. The fourth-order valence-corrected chi connectivity index (χ4v) is 4.71. The molecule has 1 aromatic carbocycles. The van der Waals surface area contributed by atoms with Gasteiger partial charge in [0.05, 0.1) is 5.69 Å². The fourth-order valence-electron chi connectivity index (χ4n) is 4.71. The van der Waals surface area contributed by atoms with Crippen LogP contribution in [0.1, 0.15) is 65.1 Å². The van der Waals surface area contributed by atoms with E-state index in [1.807, 2.05) is 19.9 Å². The molecule has 9 heteroatoms. The van der Waals surface area contributed by atoms with Gasteiger partial charge in [-0.15, -0.1) is 0 Å². The highest BCUT2D eigenvalue weighted by atomic mass is 19.1. The monoisotopic (exact) mass is 472 g/mol. The number of hydrogen-bond acceptors (Lipinski definition) is 6. The van der Waals surface area contributed by atoms with Gasteiger partial charge in [-0.1, -0.05) is 32.0 Å². The highest BCUT2D eigenvalue weighted by molar-refractivity contribution is 5.93. The van der Waals surface area contributed by atoms with Crippen LogP contribution in [0, 0.1) is 5.82 Å². The van der Waals surface area contributed by atoms with Crippen molar-refractivity contribution in [3.8, 4) is 0 Å². The number of para-hydroxylation sites is 1. The number of halogens is 1. The Morgan fingerprint density at radius 3 is 2.35 bits per heavy atom. The summed E-state index contributed by atoms with van der Waals surface area (Å²) in [6, 6.07) is 5.21. The highest BCUT2D eigenvalue weighted by Gasteiger charge is 2.37. The molecule has 34 heavy (non-hydrogen) atoms. The van der Waals surface area contributed by atoms with Crippen molar-refractivity contribution in [1.82, 2.24) is 19.9 Å². The number of carbonyl (C=O) groups excluding carboxylic acids is 1. The Bertz CT molecular complexity index is 991. The number of urea groups is 1. The summed E-state index contributed by atoms with van der Waals surface area (Å²) >= 11 is 0. The molecule has 0 bridgehead atoms. The molecule has 186 valence electrons. The zero-order chi connectivity index (χ0) is 24.5. The first-order valence-electron chi connectivity index (χ1n) is 12.4. The van der Waals surface area contributed by atoms with E-state index in [0.717, 1.165) is 44.7 Å². The number of nitrogens with zero attached hydrogens (tertiary/aromatic N) is 5. The van der Waals surface area contributed by atoms with Crippen LogP contribution in [-0.2, 0) is 5.41 Å². The molecule has 2 aliphatic rings. The van der Waals surface area contributed by atoms with Crippen molar-refractivity contribution < 1.29 is 13.7 Å². The van der Waals surface area contributed by atoms with Gasteiger partial charge in [0.1, 0.15) is 11.5 Å². The predicted molar refractivity (Wildman–Crippen MR) is 131 cm³/mol. The van der Waals surface area contributed by atoms with Gasteiger partial charge in [-0.2, -0.15) is 4.98 Å². The number of amides is 2. The average Bonchev–Trinajstić information content (AvgIpc) is 3.33. The lowest BCUT2D eigenvalue weighted by molar-refractivity contribution is 0.169. The van der Waals surface area contributed by atoms with Gasteiger partial charge < -0.3 is 19.6 Å². The van der Waals surface area contributed by atoms with Crippen molar-refractivity contribution in [2.24, 2.45) is 0 Å². The summed E-state index contributed by atoms with van der Waals surface area (Å²) in [5.41, 5.74) is 0.761. The largest absolute Gasteiger partial charge is 0.367 e. The van der Waals surface area contributed by atoms with Crippen LogP contribution in [0.4, 0.5) is 20.6 Å². The first kappa shape index (κ1) is 24.4. The van der Waals surface area contributed by atoms with E-state index in [0.29, 0.717) is 30.8 Å². The molecule has 1 aromatic heterocycles. The van der Waals surface area contributed by atoms with Gasteiger partial charge in [-0.05, 0) is 38.8 Å². The van der Waals surface area contributed by atoms with Crippen molar-refractivity contribution in [1.29, 1.82) is 0 Å². The van der Waals surface area contributed by atoms with Crippen LogP contribution in [0.3, 0.4) is 0 Å². The molecular weight excluding hydrogens is 435 g/mol. The SMILES string of the molecule is CC(C)c1nc(C2(C)CCN(C(=O)Nc3c(F)cccc3N3CCN(C(C)C)CC3)CC2)no1. The third-order valence-corrected chi connectivity index (χ3v) is 7.24. The summed E-state index contributed by atoms with van der Waals surface area (Å²) in [7, 11) is 0. The minimum absolute atomic E-state index is 0.180. The van der Waals surface area contributed by atoms with Crippen LogP contribution in [0.5, 0.6) is 0 Å². The van der Waals surface area contributed by atoms with Crippen molar-refractivity contribution in [3.05, 3.63) is 35.7 Å². The van der Waals surface area contributed by atoms with Crippen LogP contribution in [0.15, 0.2) is 22.7 Å². The highest BCUT2D eigenvalue weighted by Crippen LogP contribution is 2.35. The summed E-state index contributed by atoms with van der Waals surface area (Å²) in [6.07, 6.45) is 1.44. The number of hydrogen-bond donors (Lipinski definition) is 1. The number of rotatable bonds is 5. The van der Waals surface area contributed by atoms with Crippen LogP contribution in [-0.4, -0.2) is 71.3 Å². The zero-order valence-electron chi connectivity index (χ0n) is 21.0. The summed E-state index contributed by atoms with van der Waals surface area (Å²) < 4.78 is 20.3. The van der Waals surface area contributed by atoms with E-state index in [9.17, 15) is 9.18 Å². The maximum Gasteiger partial charge on any atom is 0.321 e. The van der Waals surface area contributed by atoms with Crippen LogP contribution in [0.2, 0.25) is 0 Å². The molecule has 0 saturated carbocycles. The Kier molecular flexibility index (Phi) is 7.12. The van der Waals surface area contributed by atoms with E-state index in [-0.39, 0.29) is 23.1 Å². The molecule has 1 N–H and O–H groups in total. The van der Waals surface area contributed by atoms with Crippen molar-refractivity contribution >= 4 is 17.4 Å². The number of anilines is 2. The molecule has 0 aliphatic carbocycles. The molecule has 0 atom stereocenters. The summed E-state index contributed by atoms with van der Waals surface area (Å²) in [5, 5.41) is 7.07. The molecule has 2 saturated heterocycles. The van der Waals surface area contributed by atoms with Crippen molar-refractivity contribution in [2.75, 3.05) is 49.5 Å². The number of aromatic nitrogens is 2. The van der Waals surface area contributed by atoms with Crippen LogP contribution < -0.4 is 10.2 Å². The topological polar surface area (TPSA) is 77.7 Å². The number of nitrogens with one attached hydrogen (secondary N) is 1. The molecule has 3 heterocycles. The number of likely N-dealkylation sites (tertiary alicyclic amines) is 1. The molecule has 2 fully saturated rings. The molecule has 0 radical (unpaired) electrons. The molecule has 4 rings (SSSR count). The lowest BCUT2D eigenvalue weighted by Crippen LogP contribution is -2.49. The second-order valence-corrected chi connectivity index (χ2v) is 10.3. The second kappa shape index (κ2) is 9.90. The van der Waals surface area contributed by atoms with E-state index >= 15 is 0 Å². The Labute approximate surface area is 201 Å². The van der Waals surface area contributed by atoms with Gasteiger partial charge in [0.2, 0.25) is 5.89 Å². The maximum absolute atomic E-state index is 14.9. The van der Waals surface area contributed by atoms with Crippen LogP contribution in [0.25, 0.3) is 0 Å². The van der Waals surface area contributed by atoms with Gasteiger partial charge in [0.15, 0.2) is 5.82 Å². The van der Waals surface area contributed by atoms with Gasteiger partial charge in [-0.25, -0.2) is 9.18 Å². The quantitative estimate of drug-likeness (QED) is 0.693.